The summed E-state index contributed by atoms with van der Waals surface area (Å²) in [5.74, 6) is 0.554. The molecular formula is C11H20N6OS. The number of hydrogen-bond donors (Lipinski definition) is 2. The van der Waals surface area contributed by atoms with Crippen molar-refractivity contribution in [2.45, 2.75) is 19.9 Å². The SMILES string of the molecule is CN=C(NCC(=O)N(C)C)NC(C)c1nnc(C)s1. The number of carbonyl (C=O) groups is 1. The predicted molar refractivity (Wildman–Crippen MR) is 76.3 cm³/mol. The van der Waals surface area contributed by atoms with Gasteiger partial charge < -0.3 is 15.5 Å². The van der Waals surface area contributed by atoms with E-state index in [0.717, 1.165) is 10.0 Å². The second-order valence-electron chi connectivity index (χ2n) is 4.24. The highest BCUT2D eigenvalue weighted by Crippen LogP contribution is 2.16. The molecule has 0 bridgehead atoms. The van der Waals surface area contributed by atoms with E-state index in [4.69, 9.17) is 0 Å². The normalized spacial score (nSPS) is 13.0. The Morgan fingerprint density at radius 1 is 1.47 bits per heavy atom. The molecule has 106 valence electrons. The summed E-state index contributed by atoms with van der Waals surface area (Å²) in [7, 11) is 5.09. The highest BCUT2D eigenvalue weighted by Gasteiger charge is 2.13. The van der Waals surface area contributed by atoms with Crippen LogP contribution in [0.2, 0.25) is 0 Å². The molecule has 0 saturated carbocycles. The molecule has 1 rings (SSSR count). The van der Waals surface area contributed by atoms with E-state index >= 15 is 0 Å². The summed E-state index contributed by atoms with van der Waals surface area (Å²) in [6.07, 6.45) is 0. The van der Waals surface area contributed by atoms with Crippen LogP contribution < -0.4 is 10.6 Å². The largest absolute Gasteiger partial charge is 0.347 e. The number of rotatable bonds is 4. The number of guanidine groups is 1. The van der Waals surface area contributed by atoms with Gasteiger partial charge in [-0.25, -0.2) is 0 Å². The molecule has 1 unspecified atom stereocenters. The molecule has 0 saturated heterocycles. The first kappa shape index (κ1) is 15.4. The molecular weight excluding hydrogens is 264 g/mol. The molecule has 1 aromatic heterocycles. The van der Waals surface area contributed by atoms with E-state index in [9.17, 15) is 4.79 Å². The summed E-state index contributed by atoms with van der Waals surface area (Å²) in [4.78, 5) is 17.1. The van der Waals surface area contributed by atoms with Gasteiger partial charge in [0.1, 0.15) is 10.0 Å². The minimum absolute atomic E-state index is 0.00754. The van der Waals surface area contributed by atoms with E-state index < -0.39 is 0 Å². The zero-order valence-electron chi connectivity index (χ0n) is 11.9. The summed E-state index contributed by atoms with van der Waals surface area (Å²) in [5, 5.41) is 16.0. The fraction of sp³-hybridized carbons (Fsp3) is 0.636. The lowest BCUT2D eigenvalue weighted by Gasteiger charge is -2.17. The molecule has 1 aromatic rings. The molecule has 0 aliphatic heterocycles. The van der Waals surface area contributed by atoms with E-state index in [0.29, 0.717) is 5.96 Å². The monoisotopic (exact) mass is 284 g/mol. The third-order valence-corrected chi connectivity index (χ3v) is 3.42. The van der Waals surface area contributed by atoms with Gasteiger partial charge in [0.2, 0.25) is 5.91 Å². The number of nitrogens with one attached hydrogen (secondary N) is 2. The second kappa shape index (κ2) is 7.03. The highest BCUT2D eigenvalue weighted by atomic mass is 32.1. The van der Waals surface area contributed by atoms with Crippen molar-refractivity contribution in [1.82, 2.24) is 25.7 Å². The first-order valence-corrected chi connectivity index (χ1v) is 6.73. The maximum atomic E-state index is 11.5. The molecule has 1 amide bonds. The van der Waals surface area contributed by atoms with Gasteiger partial charge in [-0.05, 0) is 13.8 Å². The maximum Gasteiger partial charge on any atom is 0.241 e. The molecule has 0 aromatic carbocycles. The van der Waals surface area contributed by atoms with Crippen LogP contribution >= 0.6 is 11.3 Å². The first-order chi connectivity index (χ1) is 8.93. The quantitative estimate of drug-likeness (QED) is 0.608. The molecule has 1 heterocycles. The maximum absolute atomic E-state index is 11.5. The molecule has 0 radical (unpaired) electrons. The van der Waals surface area contributed by atoms with Crippen molar-refractivity contribution < 1.29 is 4.79 Å². The van der Waals surface area contributed by atoms with Crippen LogP contribution in [0, 0.1) is 6.92 Å². The number of aromatic nitrogens is 2. The van der Waals surface area contributed by atoms with Crippen molar-refractivity contribution in [3.63, 3.8) is 0 Å². The van der Waals surface area contributed by atoms with Gasteiger partial charge in [-0.2, -0.15) is 0 Å². The van der Waals surface area contributed by atoms with E-state index in [1.165, 1.54) is 16.2 Å². The molecule has 19 heavy (non-hydrogen) atoms. The topological polar surface area (TPSA) is 82.5 Å². The average molecular weight is 284 g/mol. The Morgan fingerprint density at radius 3 is 2.63 bits per heavy atom. The summed E-state index contributed by atoms with van der Waals surface area (Å²) < 4.78 is 0. The van der Waals surface area contributed by atoms with E-state index in [2.05, 4.69) is 25.8 Å². The van der Waals surface area contributed by atoms with Crippen LogP contribution in [-0.2, 0) is 4.79 Å². The summed E-state index contributed by atoms with van der Waals surface area (Å²) in [6.45, 7) is 4.09. The van der Waals surface area contributed by atoms with Crippen LogP contribution in [0.1, 0.15) is 23.0 Å². The Kier molecular flexibility index (Phi) is 5.68. The van der Waals surface area contributed by atoms with E-state index in [1.807, 2.05) is 13.8 Å². The van der Waals surface area contributed by atoms with Crippen LogP contribution in [-0.4, -0.2) is 54.7 Å². The second-order valence-corrected chi connectivity index (χ2v) is 5.45. The third kappa shape index (κ3) is 4.82. The summed E-state index contributed by atoms with van der Waals surface area (Å²) >= 11 is 1.53. The molecule has 0 aliphatic carbocycles. The van der Waals surface area contributed by atoms with E-state index in [-0.39, 0.29) is 18.5 Å². The summed E-state index contributed by atoms with van der Waals surface area (Å²) in [5.41, 5.74) is 0. The molecule has 7 nitrogen and oxygen atoms in total. The van der Waals surface area contributed by atoms with Crippen molar-refractivity contribution in [2.75, 3.05) is 27.7 Å². The van der Waals surface area contributed by atoms with Gasteiger partial charge in [0.25, 0.3) is 0 Å². The zero-order chi connectivity index (χ0) is 14.4. The van der Waals surface area contributed by atoms with Crippen molar-refractivity contribution in [3.05, 3.63) is 10.0 Å². The Balaban J connectivity index is 2.51. The fourth-order valence-corrected chi connectivity index (χ4v) is 1.97. The van der Waals surface area contributed by atoms with Crippen LogP contribution in [0.4, 0.5) is 0 Å². The number of nitrogens with zero attached hydrogens (tertiary/aromatic N) is 4. The molecule has 0 spiro atoms. The lowest BCUT2D eigenvalue weighted by atomic mass is 10.3. The fourth-order valence-electron chi connectivity index (χ4n) is 1.27. The Morgan fingerprint density at radius 2 is 2.16 bits per heavy atom. The Bertz CT molecular complexity index is 456. The predicted octanol–water partition coefficient (Wildman–Crippen LogP) is 0.161. The lowest BCUT2D eigenvalue weighted by molar-refractivity contribution is -0.127. The van der Waals surface area contributed by atoms with Gasteiger partial charge in [-0.15, -0.1) is 10.2 Å². The molecule has 2 N–H and O–H groups in total. The van der Waals surface area contributed by atoms with Gasteiger partial charge in [0.05, 0.1) is 12.6 Å². The minimum Gasteiger partial charge on any atom is -0.347 e. The third-order valence-electron chi connectivity index (χ3n) is 2.39. The average Bonchev–Trinajstić information content (AvgIpc) is 2.80. The van der Waals surface area contributed by atoms with Crippen molar-refractivity contribution >= 4 is 23.2 Å². The van der Waals surface area contributed by atoms with Crippen molar-refractivity contribution in [2.24, 2.45) is 4.99 Å². The summed E-state index contributed by atoms with van der Waals surface area (Å²) in [6, 6.07) is -0.00754. The minimum atomic E-state index is -0.0117. The molecule has 0 aliphatic rings. The Labute approximate surface area is 117 Å². The van der Waals surface area contributed by atoms with Gasteiger partial charge in [-0.3, -0.25) is 9.79 Å². The Hall–Kier alpha value is -1.70. The smallest absolute Gasteiger partial charge is 0.241 e. The van der Waals surface area contributed by atoms with E-state index in [1.54, 1.807) is 21.1 Å². The molecule has 0 fully saturated rings. The van der Waals surface area contributed by atoms with Crippen LogP contribution in [0.25, 0.3) is 0 Å². The number of hydrogen-bond acceptors (Lipinski definition) is 5. The lowest BCUT2D eigenvalue weighted by Crippen LogP contribution is -2.43. The number of likely N-dealkylation sites (N-methyl/N-ethyl adjacent to an activating group) is 1. The number of amides is 1. The van der Waals surface area contributed by atoms with Gasteiger partial charge in [0.15, 0.2) is 5.96 Å². The highest BCUT2D eigenvalue weighted by molar-refractivity contribution is 7.11. The van der Waals surface area contributed by atoms with Gasteiger partial charge in [0, 0.05) is 21.1 Å². The number of carbonyl (C=O) groups excluding carboxylic acids is 1. The van der Waals surface area contributed by atoms with Gasteiger partial charge in [-0.1, -0.05) is 11.3 Å². The van der Waals surface area contributed by atoms with Crippen LogP contribution in [0.3, 0.4) is 0 Å². The standard InChI is InChI=1S/C11H20N6OS/c1-7(10-16-15-8(2)19-10)14-11(12-3)13-6-9(18)17(4)5/h7H,6H2,1-5H3,(H2,12,13,14). The molecule has 8 heteroatoms. The number of aliphatic imine (C=N–C) groups is 1. The van der Waals surface area contributed by atoms with Crippen molar-refractivity contribution in [1.29, 1.82) is 0 Å². The van der Waals surface area contributed by atoms with Crippen LogP contribution in [0.5, 0.6) is 0 Å². The van der Waals surface area contributed by atoms with Crippen molar-refractivity contribution in [3.8, 4) is 0 Å². The first-order valence-electron chi connectivity index (χ1n) is 5.91. The number of aryl methyl sites for hydroxylation is 1. The van der Waals surface area contributed by atoms with Crippen LogP contribution in [0.15, 0.2) is 4.99 Å². The van der Waals surface area contributed by atoms with Gasteiger partial charge >= 0.3 is 0 Å². The molecule has 1 atom stereocenters. The zero-order valence-corrected chi connectivity index (χ0v) is 12.7.